The van der Waals surface area contributed by atoms with Crippen LogP contribution in [0.4, 0.5) is 5.00 Å². The summed E-state index contributed by atoms with van der Waals surface area (Å²) in [6, 6.07) is 9.36. The predicted molar refractivity (Wildman–Crippen MR) is 126 cm³/mol. The van der Waals surface area contributed by atoms with Gasteiger partial charge in [0.05, 0.1) is 25.0 Å². The summed E-state index contributed by atoms with van der Waals surface area (Å²) in [5.41, 5.74) is 2.55. The molecule has 10 heteroatoms. The van der Waals surface area contributed by atoms with Crippen LogP contribution < -0.4 is 5.32 Å². The van der Waals surface area contributed by atoms with Crippen molar-refractivity contribution in [2.45, 2.75) is 13.8 Å². The summed E-state index contributed by atoms with van der Waals surface area (Å²) in [5.74, 6) is -1.12. The SMILES string of the molecule is CCOC(=O)c1c(NC=C(C#N)c2nc(-c3ccc(Cl)cc3)cs2)sc(C(=O)OC)c1C. The van der Waals surface area contributed by atoms with E-state index in [-0.39, 0.29) is 22.6 Å². The number of nitriles is 1. The third kappa shape index (κ3) is 4.99. The van der Waals surface area contributed by atoms with Crippen molar-refractivity contribution in [3.05, 3.63) is 61.9 Å². The maximum absolute atomic E-state index is 12.5. The Morgan fingerprint density at radius 1 is 1.28 bits per heavy atom. The standard InChI is InChI=1S/C22H18ClN3O4S2/c1-4-30-21(27)17-12(2)18(22(28)29-3)32-20(17)25-10-14(9-24)19-26-16(11-31-19)13-5-7-15(23)8-6-13/h5-8,10-11,25H,4H2,1-3H3. The number of anilines is 1. The molecule has 2 aromatic heterocycles. The molecule has 0 unspecified atom stereocenters. The van der Waals surface area contributed by atoms with Gasteiger partial charge in [-0.2, -0.15) is 5.26 Å². The van der Waals surface area contributed by atoms with Gasteiger partial charge in [0, 0.05) is 22.2 Å². The molecule has 0 radical (unpaired) electrons. The highest BCUT2D eigenvalue weighted by atomic mass is 35.5. The minimum Gasteiger partial charge on any atom is -0.465 e. The van der Waals surface area contributed by atoms with Crippen LogP contribution in [0.2, 0.25) is 5.02 Å². The minimum absolute atomic E-state index is 0.187. The lowest BCUT2D eigenvalue weighted by atomic mass is 10.1. The van der Waals surface area contributed by atoms with Crippen LogP contribution >= 0.6 is 34.3 Å². The molecule has 0 saturated carbocycles. The number of benzene rings is 1. The van der Waals surface area contributed by atoms with Crippen LogP contribution in [-0.4, -0.2) is 30.6 Å². The summed E-state index contributed by atoms with van der Waals surface area (Å²) in [4.78, 5) is 29.4. The molecule has 0 aliphatic heterocycles. The quantitative estimate of drug-likeness (QED) is 0.333. The van der Waals surface area contributed by atoms with Crippen molar-refractivity contribution in [2.75, 3.05) is 19.0 Å². The molecule has 1 N–H and O–H groups in total. The van der Waals surface area contributed by atoms with Gasteiger partial charge in [-0.05, 0) is 31.5 Å². The van der Waals surface area contributed by atoms with E-state index in [1.165, 1.54) is 24.6 Å². The molecule has 3 aromatic rings. The van der Waals surface area contributed by atoms with Crippen molar-refractivity contribution in [2.24, 2.45) is 0 Å². The number of hydrogen-bond donors (Lipinski definition) is 1. The van der Waals surface area contributed by atoms with Gasteiger partial charge in [0.15, 0.2) is 0 Å². The number of allylic oxidation sites excluding steroid dienone is 1. The number of aromatic nitrogens is 1. The van der Waals surface area contributed by atoms with Gasteiger partial charge in [0.25, 0.3) is 0 Å². The molecular formula is C22H18ClN3O4S2. The van der Waals surface area contributed by atoms with Gasteiger partial charge < -0.3 is 14.8 Å². The summed E-state index contributed by atoms with van der Waals surface area (Å²) in [5, 5.41) is 16.0. The summed E-state index contributed by atoms with van der Waals surface area (Å²) in [6.45, 7) is 3.53. The smallest absolute Gasteiger partial charge is 0.348 e. The molecule has 2 heterocycles. The highest BCUT2D eigenvalue weighted by molar-refractivity contribution is 7.18. The van der Waals surface area contributed by atoms with Crippen LogP contribution in [-0.2, 0) is 9.47 Å². The molecule has 0 aliphatic rings. The summed E-state index contributed by atoms with van der Waals surface area (Å²) < 4.78 is 9.93. The number of carbonyl (C=O) groups excluding carboxylic acids is 2. The summed E-state index contributed by atoms with van der Waals surface area (Å²) in [6.07, 6.45) is 1.46. The van der Waals surface area contributed by atoms with Crippen molar-refractivity contribution in [1.82, 2.24) is 4.98 Å². The molecule has 0 saturated heterocycles. The number of nitrogens with one attached hydrogen (secondary N) is 1. The second-order valence-corrected chi connectivity index (χ2v) is 8.65. The number of nitrogens with zero attached hydrogens (tertiary/aromatic N) is 2. The molecule has 0 amide bonds. The zero-order valence-corrected chi connectivity index (χ0v) is 19.8. The van der Waals surface area contributed by atoms with E-state index < -0.39 is 11.9 Å². The lowest BCUT2D eigenvalue weighted by Gasteiger charge is -2.05. The minimum atomic E-state index is -0.565. The van der Waals surface area contributed by atoms with E-state index in [0.29, 0.717) is 20.6 Å². The Morgan fingerprint density at radius 3 is 2.62 bits per heavy atom. The number of esters is 2. The molecule has 0 atom stereocenters. The largest absolute Gasteiger partial charge is 0.465 e. The van der Waals surface area contributed by atoms with Crippen molar-refractivity contribution in [3.8, 4) is 17.3 Å². The Morgan fingerprint density at radius 2 is 2.00 bits per heavy atom. The molecule has 164 valence electrons. The fourth-order valence-electron chi connectivity index (χ4n) is 2.78. The van der Waals surface area contributed by atoms with Gasteiger partial charge in [-0.15, -0.1) is 22.7 Å². The van der Waals surface area contributed by atoms with Crippen LogP contribution in [0.15, 0.2) is 35.8 Å². The zero-order chi connectivity index (χ0) is 23.3. The number of halogens is 1. The number of thiazole rings is 1. The Bertz CT molecular complexity index is 1220. The second kappa shape index (κ2) is 10.4. The lowest BCUT2D eigenvalue weighted by molar-refractivity contribution is 0.0527. The molecule has 0 aliphatic carbocycles. The molecule has 7 nitrogen and oxygen atoms in total. The van der Waals surface area contributed by atoms with Gasteiger partial charge in [-0.3, -0.25) is 0 Å². The molecular weight excluding hydrogens is 470 g/mol. The van der Waals surface area contributed by atoms with Crippen LogP contribution in [0, 0.1) is 18.3 Å². The number of rotatable bonds is 7. The Labute approximate surface area is 197 Å². The molecule has 0 spiro atoms. The normalized spacial score (nSPS) is 11.0. The average Bonchev–Trinajstić information content (AvgIpc) is 3.39. The number of ether oxygens (including phenoxy) is 2. The Balaban J connectivity index is 1.93. The summed E-state index contributed by atoms with van der Waals surface area (Å²) in [7, 11) is 1.27. The van der Waals surface area contributed by atoms with Crippen molar-refractivity contribution >= 4 is 56.8 Å². The van der Waals surface area contributed by atoms with Gasteiger partial charge in [0.2, 0.25) is 0 Å². The van der Waals surface area contributed by atoms with Crippen molar-refractivity contribution in [1.29, 1.82) is 5.26 Å². The van der Waals surface area contributed by atoms with Gasteiger partial charge in [-0.25, -0.2) is 14.6 Å². The van der Waals surface area contributed by atoms with E-state index in [9.17, 15) is 14.9 Å². The van der Waals surface area contributed by atoms with E-state index in [0.717, 1.165) is 22.6 Å². The van der Waals surface area contributed by atoms with E-state index in [2.05, 4.69) is 16.4 Å². The molecule has 1 aromatic carbocycles. The first kappa shape index (κ1) is 23.5. The highest BCUT2D eigenvalue weighted by Crippen LogP contribution is 2.35. The third-order valence-corrected chi connectivity index (χ3v) is 6.67. The monoisotopic (exact) mass is 487 g/mol. The highest BCUT2D eigenvalue weighted by Gasteiger charge is 2.26. The fourth-order valence-corrected chi connectivity index (χ4v) is 4.78. The van der Waals surface area contributed by atoms with E-state index in [4.69, 9.17) is 21.1 Å². The van der Waals surface area contributed by atoms with Crippen LogP contribution in [0.5, 0.6) is 0 Å². The van der Waals surface area contributed by atoms with E-state index in [1.54, 1.807) is 26.0 Å². The Kier molecular flexibility index (Phi) is 7.64. The summed E-state index contributed by atoms with van der Waals surface area (Å²) >= 11 is 8.30. The van der Waals surface area contributed by atoms with Gasteiger partial charge in [-0.1, -0.05) is 23.7 Å². The number of hydrogen-bond acceptors (Lipinski definition) is 9. The molecule has 0 bridgehead atoms. The van der Waals surface area contributed by atoms with Crippen molar-refractivity contribution in [3.63, 3.8) is 0 Å². The number of thiophene rings is 1. The number of methoxy groups -OCH3 is 1. The first-order valence-electron chi connectivity index (χ1n) is 9.37. The maximum atomic E-state index is 12.5. The van der Waals surface area contributed by atoms with Gasteiger partial charge in [0.1, 0.15) is 26.5 Å². The first-order chi connectivity index (χ1) is 15.4. The number of carbonyl (C=O) groups is 2. The van der Waals surface area contributed by atoms with Gasteiger partial charge >= 0.3 is 11.9 Å². The maximum Gasteiger partial charge on any atom is 0.348 e. The van der Waals surface area contributed by atoms with E-state index >= 15 is 0 Å². The predicted octanol–water partition coefficient (Wildman–Crippen LogP) is 5.77. The fraction of sp³-hybridized carbons (Fsp3) is 0.182. The zero-order valence-electron chi connectivity index (χ0n) is 17.4. The molecule has 32 heavy (non-hydrogen) atoms. The molecule has 0 fully saturated rings. The van der Waals surface area contributed by atoms with Crippen LogP contribution in [0.1, 0.15) is 37.5 Å². The van der Waals surface area contributed by atoms with E-state index in [1.807, 2.05) is 17.5 Å². The third-order valence-electron chi connectivity index (χ3n) is 4.34. The molecule has 3 rings (SSSR count). The topological polar surface area (TPSA) is 101 Å². The van der Waals surface area contributed by atoms with Crippen LogP contribution in [0.3, 0.4) is 0 Å². The lowest BCUT2D eigenvalue weighted by Crippen LogP contribution is -2.08. The van der Waals surface area contributed by atoms with Crippen molar-refractivity contribution < 1.29 is 19.1 Å². The first-order valence-corrected chi connectivity index (χ1v) is 11.4. The Hall–Kier alpha value is -3.19. The second-order valence-electron chi connectivity index (χ2n) is 6.33. The average molecular weight is 488 g/mol. The van der Waals surface area contributed by atoms with Crippen LogP contribution in [0.25, 0.3) is 16.8 Å².